The molecular weight excluding hydrogens is 246 g/mol. The van der Waals surface area contributed by atoms with Crippen LogP contribution in [0.15, 0.2) is 0 Å². The molecule has 0 spiro atoms. The Morgan fingerprint density at radius 3 is 2.75 bits per heavy atom. The minimum absolute atomic E-state index is 0.00148. The Labute approximate surface area is 105 Å². The molecule has 0 aliphatic heterocycles. The Bertz CT molecular complexity index is 343. The molecule has 0 atom stereocenters. The van der Waals surface area contributed by atoms with E-state index in [2.05, 4.69) is 16.5 Å². The predicted molar refractivity (Wildman–Crippen MR) is 66.2 cm³/mol. The summed E-state index contributed by atoms with van der Waals surface area (Å²) >= 11 is 6.85. The molecule has 1 aromatic heterocycles. The summed E-state index contributed by atoms with van der Waals surface area (Å²) in [5, 5.41) is 3.85. The lowest BCUT2D eigenvalue weighted by Crippen LogP contribution is -2.33. The van der Waals surface area contributed by atoms with Gasteiger partial charge in [-0.05, 0) is 24.9 Å². The SMILES string of the molecule is CCCCN(CCCl)C(=O)c1snnc1C. The number of carbonyl (C=O) groups excluding carboxylic acids is 1. The van der Waals surface area contributed by atoms with Crippen LogP contribution < -0.4 is 0 Å². The first-order chi connectivity index (χ1) is 7.70. The van der Waals surface area contributed by atoms with Crippen LogP contribution in [0.2, 0.25) is 0 Å². The number of carbonyl (C=O) groups is 1. The van der Waals surface area contributed by atoms with Gasteiger partial charge in [0.2, 0.25) is 0 Å². The number of nitrogens with zero attached hydrogens (tertiary/aromatic N) is 3. The Hall–Kier alpha value is -0.680. The molecule has 0 fully saturated rings. The van der Waals surface area contributed by atoms with Gasteiger partial charge in [-0.25, -0.2) is 0 Å². The Kier molecular flexibility index (Phi) is 5.69. The number of rotatable bonds is 6. The van der Waals surface area contributed by atoms with Crippen molar-refractivity contribution < 1.29 is 4.79 Å². The highest BCUT2D eigenvalue weighted by atomic mass is 35.5. The van der Waals surface area contributed by atoms with Crippen LogP contribution in [-0.4, -0.2) is 39.4 Å². The molecule has 0 saturated heterocycles. The molecule has 0 aliphatic rings. The standard InChI is InChI=1S/C10H16ClN3OS/c1-3-4-6-14(7-5-11)10(15)9-8(2)12-13-16-9/h3-7H2,1-2H3. The normalized spacial score (nSPS) is 10.4. The van der Waals surface area contributed by atoms with Crippen LogP contribution in [0.25, 0.3) is 0 Å². The quantitative estimate of drug-likeness (QED) is 0.739. The Morgan fingerprint density at radius 2 is 2.25 bits per heavy atom. The number of amides is 1. The maximum Gasteiger partial charge on any atom is 0.267 e. The molecule has 0 aromatic carbocycles. The van der Waals surface area contributed by atoms with Crippen molar-refractivity contribution >= 4 is 29.0 Å². The van der Waals surface area contributed by atoms with Gasteiger partial charge in [0.1, 0.15) is 4.88 Å². The van der Waals surface area contributed by atoms with Gasteiger partial charge < -0.3 is 4.90 Å². The van der Waals surface area contributed by atoms with Crippen molar-refractivity contribution in [3.63, 3.8) is 0 Å². The maximum atomic E-state index is 12.1. The molecule has 1 aromatic rings. The summed E-state index contributed by atoms with van der Waals surface area (Å²) in [6.45, 7) is 5.23. The summed E-state index contributed by atoms with van der Waals surface area (Å²) < 4.78 is 3.78. The van der Waals surface area contributed by atoms with E-state index in [1.807, 2.05) is 0 Å². The molecule has 0 unspecified atom stereocenters. The molecule has 6 heteroatoms. The third-order valence-electron chi connectivity index (χ3n) is 2.27. The number of alkyl halides is 1. The van der Waals surface area contributed by atoms with Crippen molar-refractivity contribution in [2.24, 2.45) is 0 Å². The zero-order valence-corrected chi connectivity index (χ0v) is 11.1. The van der Waals surface area contributed by atoms with Crippen molar-refractivity contribution in [2.45, 2.75) is 26.7 Å². The number of aromatic nitrogens is 2. The molecule has 1 amide bonds. The molecule has 1 rings (SSSR count). The average Bonchev–Trinajstić information content (AvgIpc) is 2.69. The molecule has 4 nitrogen and oxygen atoms in total. The molecule has 0 bridgehead atoms. The zero-order chi connectivity index (χ0) is 12.0. The number of halogens is 1. The third-order valence-corrected chi connectivity index (χ3v) is 3.25. The number of hydrogen-bond donors (Lipinski definition) is 0. The monoisotopic (exact) mass is 261 g/mol. The van der Waals surface area contributed by atoms with E-state index in [-0.39, 0.29) is 5.91 Å². The van der Waals surface area contributed by atoms with E-state index in [4.69, 9.17) is 11.6 Å². The first kappa shape index (κ1) is 13.4. The van der Waals surface area contributed by atoms with E-state index in [0.717, 1.165) is 30.9 Å². The highest BCUT2D eigenvalue weighted by Crippen LogP contribution is 2.13. The fraction of sp³-hybridized carbons (Fsp3) is 0.700. The third kappa shape index (κ3) is 3.42. The second-order valence-electron chi connectivity index (χ2n) is 3.52. The topological polar surface area (TPSA) is 46.1 Å². The summed E-state index contributed by atoms with van der Waals surface area (Å²) in [5.74, 6) is 0.461. The van der Waals surface area contributed by atoms with E-state index < -0.39 is 0 Å². The van der Waals surface area contributed by atoms with Gasteiger partial charge in [-0.1, -0.05) is 17.8 Å². The maximum absolute atomic E-state index is 12.1. The van der Waals surface area contributed by atoms with Crippen LogP contribution >= 0.6 is 23.1 Å². The van der Waals surface area contributed by atoms with Crippen LogP contribution in [0.5, 0.6) is 0 Å². The van der Waals surface area contributed by atoms with Gasteiger partial charge in [0, 0.05) is 19.0 Å². The summed E-state index contributed by atoms with van der Waals surface area (Å²) in [4.78, 5) is 14.5. The highest BCUT2D eigenvalue weighted by molar-refractivity contribution is 7.07. The first-order valence-electron chi connectivity index (χ1n) is 5.34. The number of aryl methyl sites for hydroxylation is 1. The molecule has 90 valence electrons. The Morgan fingerprint density at radius 1 is 1.50 bits per heavy atom. The van der Waals surface area contributed by atoms with Crippen LogP contribution in [0.4, 0.5) is 0 Å². The van der Waals surface area contributed by atoms with Crippen molar-refractivity contribution in [1.29, 1.82) is 0 Å². The van der Waals surface area contributed by atoms with E-state index in [0.29, 0.717) is 23.0 Å². The van der Waals surface area contributed by atoms with Gasteiger partial charge >= 0.3 is 0 Å². The van der Waals surface area contributed by atoms with E-state index in [9.17, 15) is 4.79 Å². The van der Waals surface area contributed by atoms with Gasteiger partial charge in [-0.15, -0.1) is 16.7 Å². The summed E-state index contributed by atoms with van der Waals surface area (Å²) in [6.07, 6.45) is 2.06. The summed E-state index contributed by atoms with van der Waals surface area (Å²) in [5.41, 5.74) is 0.700. The zero-order valence-electron chi connectivity index (χ0n) is 9.57. The molecule has 0 saturated carbocycles. The van der Waals surface area contributed by atoms with Crippen molar-refractivity contribution in [2.75, 3.05) is 19.0 Å². The Balaban J connectivity index is 2.70. The van der Waals surface area contributed by atoms with Crippen molar-refractivity contribution in [3.8, 4) is 0 Å². The minimum Gasteiger partial charge on any atom is -0.337 e. The van der Waals surface area contributed by atoms with Gasteiger partial charge in [-0.3, -0.25) is 4.79 Å². The van der Waals surface area contributed by atoms with Crippen molar-refractivity contribution in [1.82, 2.24) is 14.5 Å². The smallest absolute Gasteiger partial charge is 0.267 e. The van der Waals surface area contributed by atoms with Gasteiger partial charge in [0.15, 0.2) is 0 Å². The number of unbranched alkanes of at least 4 members (excludes halogenated alkanes) is 1. The highest BCUT2D eigenvalue weighted by Gasteiger charge is 2.19. The van der Waals surface area contributed by atoms with Gasteiger partial charge in [0.25, 0.3) is 5.91 Å². The van der Waals surface area contributed by atoms with Crippen LogP contribution in [0, 0.1) is 6.92 Å². The van der Waals surface area contributed by atoms with Gasteiger partial charge in [-0.2, -0.15) is 0 Å². The van der Waals surface area contributed by atoms with Crippen LogP contribution in [-0.2, 0) is 0 Å². The molecular formula is C10H16ClN3OS. The fourth-order valence-corrected chi connectivity index (χ4v) is 2.17. The lowest BCUT2D eigenvalue weighted by atomic mass is 10.3. The summed E-state index contributed by atoms with van der Waals surface area (Å²) in [6, 6.07) is 0. The predicted octanol–water partition coefficient (Wildman–Crippen LogP) is 2.33. The van der Waals surface area contributed by atoms with E-state index in [1.165, 1.54) is 0 Å². The first-order valence-corrected chi connectivity index (χ1v) is 6.65. The number of hydrogen-bond acceptors (Lipinski definition) is 4. The van der Waals surface area contributed by atoms with Crippen LogP contribution in [0.3, 0.4) is 0 Å². The van der Waals surface area contributed by atoms with E-state index >= 15 is 0 Å². The fourth-order valence-electron chi connectivity index (χ4n) is 1.34. The van der Waals surface area contributed by atoms with Crippen molar-refractivity contribution in [3.05, 3.63) is 10.6 Å². The lowest BCUT2D eigenvalue weighted by molar-refractivity contribution is 0.0767. The molecule has 16 heavy (non-hydrogen) atoms. The second-order valence-corrected chi connectivity index (χ2v) is 4.65. The second kappa shape index (κ2) is 6.81. The van der Waals surface area contributed by atoms with Gasteiger partial charge in [0.05, 0.1) is 5.69 Å². The average molecular weight is 262 g/mol. The molecule has 0 aliphatic carbocycles. The molecule has 1 heterocycles. The largest absolute Gasteiger partial charge is 0.337 e. The lowest BCUT2D eigenvalue weighted by Gasteiger charge is -2.20. The van der Waals surface area contributed by atoms with Crippen LogP contribution in [0.1, 0.15) is 35.1 Å². The summed E-state index contributed by atoms with van der Waals surface area (Å²) in [7, 11) is 0. The van der Waals surface area contributed by atoms with E-state index in [1.54, 1.807) is 11.8 Å². The molecule has 0 N–H and O–H groups in total. The minimum atomic E-state index is 0.00148. The molecule has 0 radical (unpaired) electrons.